The highest BCUT2D eigenvalue weighted by Gasteiger charge is 1.97. The third-order valence-corrected chi connectivity index (χ3v) is 2.00. The fraction of sp³-hybridized carbons (Fsp3) is 0.111. The van der Waals surface area contributed by atoms with Crippen molar-refractivity contribution in [3.8, 4) is 0 Å². The zero-order valence-electron chi connectivity index (χ0n) is 7.70. The Morgan fingerprint density at radius 2 is 1.71 bits per heavy atom. The predicted octanol–water partition coefficient (Wildman–Crippen LogP) is 1.48. The Morgan fingerprint density at radius 1 is 1.07 bits per heavy atom. The molecule has 0 aliphatic rings. The van der Waals surface area contributed by atoms with Crippen LogP contribution in [0.15, 0.2) is 30.3 Å². The lowest BCUT2D eigenvalue weighted by Gasteiger charge is -2.10. The van der Waals surface area contributed by atoms with Crippen LogP contribution in [0.1, 0.15) is 0 Å². The van der Waals surface area contributed by atoms with Gasteiger partial charge in [0, 0.05) is 12.7 Å². The summed E-state index contributed by atoms with van der Waals surface area (Å²) in [5.74, 6) is 0. The number of benzene rings is 1. The lowest BCUT2D eigenvalue weighted by Crippen LogP contribution is -2.39. The maximum atomic E-state index is 5.03. The van der Waals surface area contributed by atoms with E-state index in [0.717, 1.165) is 5.69 Å². The molecule has 0 saturated heterocycles. The highest BCUT2D eigenvalue weighted by atomic mass is 32.1. The van der Waals surface area contributed by atoms with Crippen molar-refractivity contribution in [2.45, 2.75) is 0 Å². The van der Waals surface area contributed by atoms with Gasteiger partial charge in [-0.2, -0.15) is 0 Å². The smallest absolute Gasteiger partial charge is 0.177 e. The summed E-state index contributed by atoms with van der Waals surface area (Å²) in [4.78, 5) is 0. The first-order valence-electron chi connectivity index (χ1n) is 4.07. The largest absolute Gasteiger partial charge is 0.365 e. The molecule has 0 unspecified atom stereocenters. The van der Waals surface area contributed by atoms with Crippen molar-refractivity contribution in [2.24, 2.45) is 0 Å². The first-order valence-corrected chi connectivity index (χ1v) is 4.89. The molecule has 1 aromatic rings. The minimum atomic E-state index is 0.482. The molecule has 0 spiro atoms. The van der Waals surface area contributed by atoms with E-state index in [1.54, 1.807) is 7.05 Å². The van der Waals surface area contributed by atoms with E-state index in [4.69, 9.17) is 24.4 Å². The highest BCUT2D eigenvalue weighted by molar-refractivity contribution is 7.82. The van der Waals surface area contributed by atoms with Gasteiger partial charge in [0.05, 0.1) is 0 Å². The summed E-state index contributed by atoms with van der Waals surface area (Å²) in [6.07, 6.45) is 0. The molecular formula is C9H11N3S2. The predicted molar refractivity (Wildman–Crippen MR) is 67.5 cm³/mol. The Bertz CT molecular complexity index is 324. The number of anilines is 1. The van der Waals surface area contributed by atoms with Crippen LogP contribution in [-0.2, 0) is 0 Å². The van der Waals surface area contributed by atoms with E-state index < -0.39 is 0 Å². The standard InChI is InChI=1S/C9H11N3S2/c1-10-8(13)12-9(14)11-7-5-3-2-4-6-7/h2-6H,1H3,(H3,10,11,12,13,14). The Morgan fingerprint density at radius 3 is 2.29 bits per heavy atom. The van der Waals surface area contributed by atoms with E-state index >= 15 is 0 Å². The Hall–Kier alpha value is -1.20. The van der Waals surface area contributed by atoms with Gasteiger partial charge in [0.15, 0.2) is 10.2 Å². The van der Waals surface area contributed by atoms with E-state index in [1.807, 2.05) is 30.3 Å². The molecular weight excluding hydrogens is 214 g/mol. The van der Waals surface area contributed by atoms with Crippen molar-refractivity contribution in [3.05, 3.63) is 30.3 Å². The summed E-state index contributed by atoms with van der Waals surface area (Å²) in [5, 5.41) is 9.57. The van der Waals surface area contributed by atoms with Crippen LogP contribution in [0.5, 0.6) is 0 Å². The van der Waals surface area contributed by atoms with E-state index in [0.29, 0.717) is 10.2 Å². The van der Waals surface area contributed by atoms with E-state index in [1.165, 1.54) is 0 Å². The fourth-order valence-electron chi connectivity index (χ4n) is 0.849. The first kappa shape index (κ1) is 10.9. The zero-order chi connectivity index (χ0) is 10.4. The Balaban J connectivity index is 2.46. The second kappa shape index (κ2) is 5.51. The number of rotatable bonds is 1. The summed E-state index contributed by atoms with van der Waals surface area (Å²) >= 11 is 9.93. The number of para-hydroxylation sites is 1. The lowest BCUT2D eigenvalue weighted by atomic mass is 10.3. The Labute approximate surface area is 93.9 Å². The van der Waals surface area contributed by atoms with Gasteiger partial charge in [-0.15, -0.1) is 0 Å². The molecule has 14 heavy (non-hydrogen) atoms. The maximum absolute atomic E-state index is 5.03. The van der Waals surface area contributed by atoms with E-state index in [9.17, 15) is 0 Å². The number of hydrogen-bond donors (Lipinski definition) is 3. The van der Waals surface area contributed by atoms with Crippen LogP contribution in [0.25, 0.3) is 0 Å². The van der Waals surface area contributed by atoms with Crippen LogP contribution in [-0.4, -0.2) is 17.3 Å². The van der Waals surface area contributed by atoms with Gasteiger partial charge in [0.2, 0.25) is 0 Å². The monoisotopic (exact) mass is 225 g/mol. The van der Waals surface area contributed by atoms with Crippen LogP contribution in [0.2, 0.25) is 0 Å². The molecule has 3 nitrogen and oxygen atoms in total. The molecule has 0 heterocycles. The Kier molecular flexibility index (Phi) is 4.28. The van der Waals surface area contributed by atoms with Gasteiger partial charge in [-0.05, 0) is 36.6 Å². The van der Waals surface area contributed by atoms with Gasteiger partial charge < -0.3 is 16.0 Å². The maximum Gasteiger partial charge on any atom is 0.177 e. The molecule has 0 aliphatic heterocycles. The lowest BCUT2D eigenvalue weighted by molar-refractivity contribution is 1.14. The number of thiocarbonyl (C=S) groups is 2. The minimum absolute atomic E-state index is 0.482. The van der Waals surface area contributed by atoms with Crippen molar-refractivity contribution in [1.29, 1.82) is 0 Å². The second-order valence-electron chi connectivity index (χ2n) is 2.52. The number of nitrogens with one attached hydrogen (secondary N) is 3. The van der Waals surface area contributed by atoms with Gasteiger partial charge in [-0.1, -0.05) is 18.2 Å². The molecule has 0 bridgehead atoms. The topological polar surface area (TPSA) is 36.1 Å². The molecule has 0 amide bonds. The molecule has 0 atom stereocenters. The molecule has 1 rings (SSSR count). The summed E-state index contributed by atoms with van der Waals surface area (Å²) in [6.45, 7) is 0. The second-order valence-corrected chi connectivity index (χ2v) is 3.34. The third kappa shape index (κ3) is 3.68. The van der Waals surface area contributed by atoms with Crippen molar-refractivity contribution < 1.29 is 0 Å². The minimum Gasteiger partial charge on any atom is -0.365 e. The molecule has 0 radical (unpaired) electrons. The molecule has 0 aromatic heterocycles. The van der Waals surface area contributed by atoms with Crippen LogP contribution in [0, 0.1) is 0 Å². The molecule has 0 aliphatic carbocycles. The summed E-state index contributed by atoms with van der Waals surface area (Å²) in [7, 11) is 1.74. The van der Waals surface area contributed by atoms with Crippen LogP contribution >= 0.6 is 24.4 Å². The molecule has 1 aromatic carbocycles. The van der Waals surface area contributed by atoms with Crippen LogP contribution in [0.4, 0.5) is 5.69 Å². The number of hydrogen-bond acceptors (Lipinski definition) is 2. The van der Waals surface area contributed by atoms with E-state index in [-0.39, 0.29) is 0 Å². The third-order valence-electron chi connectivity index (χ3n) is 1.49. The van der Waals surface area contributed by atoms with Gasteiger partial charge in [0.1, 0.15) is 0 Å². The van der Waals surface area contributed by atoms with Gasteiger partial charge in [-0.3, -0.25) is 0 Å². The van der Waals surface area contributed by atoms with Crippen LogP contribution < -0.4 is 16.0 Å². The quantitative estimate of drug-likeness (QED) is 0.631. The van der Waals surface area contributed by atoms with Crippen molar-refractivity contribution in [3.63, 3.8) is 0 Å². The van der Waals surface area contributed by atoms with Gasteiger partial charge >= 0.3 is 0 Å². The van der Waals surface area contributed by atoms with Crippen LogP contribution in [0.3, 0.4) is 0 Å². The average molecular weight is 225 g/mol. The average Bonchev–Trinajstić information content (AvgIpc) is 2.19. The van der Waals surface area contributed by atoms with Crippen molar-refractivity contribution in [2.75, 3.05) is 12.4 Å². The van der Waals surface area contributed by atoms with Gasteiger partial charge in [0.25, 0.3) is 0 Å². The van der Waals surface area contributed by atoms with Crippen molar-refractivity contribution >= 4 is 40.3 Å². The molecule has 5 heteroatoms. The molecule has 3 N–H and O–H groups in total. The summed E-state index contributed by atoms with van der Waals surface area (Å²) in [6, 6.07) is 9.66. The summed E-state index contributed by atoms with van der Waals surface area (Å²) < 4.78 is 0. The fourth-order valence-corrected chi connectivity index (χ4v) is 1.24. The normalized spacial score (nSPS) is 8.93. The highest BCUT2D eigenvalue weighted by Crippen LogP contribution is 2.03. The van der Waals surface area contributed by atoms with Crippen molar-refractivity contribution in [1.82, 2.24) is 10.6 Å². The zero-order valence-corrected chi connectivity index (χ0v) is 9.34. The summed E-state index contributed by atoms with van der Waals surface area (Å²) in [5.41, 5.74) is 0.934. The SMILES string of the molecule is CNC(=S)NC(=S)Nc1ccccc1. The molecule has 0 saturated carbocycles. The van der Waals surface area contributed by atoms with Gasteiger partial charge in [-0.25, -0.2) is 0 Å². The molecule has 0 fully saturated rings. The van der Waals surface area contributed by atoms with E-state index in [2.05, 4.69) is 16.0 Å². The first-order chi connectivity index (χ1) is 6.72. The molecule has 74 valence electrons.